The van der Waals surface area contributed by atoms with Gasteiger partial charge in [0.2, 0.25) is 0 Å². The third kappa shape index (κ3) is 3.22. The summed E-state index contributed by atoms with van der Waals surface area (Å²) in [4.78, 5) is 4.05. The van der Waals surface area contributed by atoms with Gasteiger partial charge < -0.3 is 9.73 Å². The lowest BCUT2D eigenvalue weighted by molar-refractivity contribution is 0.499. The molecule has 2 aromatic heterocycles. The highest BCUT2D eigenvalue weighted by Crippen LogP contribution is 2.00. The number of aromatic nitrogens is 1. The molecule has 1 N–H and O–H groups in total. The van der Waals surface area contributed by atoms with Crippen molar-refractivity contribution in [3.05, 3.63) is 54.2 Å². The Labute approximate surface area is 89.1 Å². The largest absolute Gasteiger partial charge is 0.469 e. The molecule has 0 saturated carbocycles. The Kier molecular flexibility index (Phi) is 3.52. The topological polar surface area (TPSA) is 38.1 Å². The molecule has 15 heavy (non-hydrogen) atoms. The molecule has 2 rings (SSSR count). The van der Waals surface area contributed by atoms with Crippen molar-refractivity contribution >= 4 is 0 Å². The van der Waals surface area contributed by atoms with Gasteiger partial charge >= 0.3 is 0 Å². The second-order valence-corrected chi connectivity index (χ2v) is 3.37. The molecular formula is C12H14N2O. The second kappa shape index (κ2) is 5.32. The zero-order chi connectivity index (χ0) is 10.3. The molecule has 3 heteroatoms. The first-order valence-corrected chi connectivity index (χ1v) is 5.07. The summed E-state index contributed by atoms with van der Waals surface area (Å²) in [5.41, 5.74) is 1.21. The number of nitrogens with one attached hydrogen (secondary N) is 1. The summed E-state index contributed by atoms with van der Waals surface area (Å²) < 4.78 is 5.23. The molecule has 0 aliphatic heterocycles. The molecule has 0 bridgehead atoms. The van der Waals surface area contributed by atoms with Gasteiger partial charge in [0.25, 0.3) is 0 Å². The van der Waals surface area contributed by atoms with Crippen LogP contribution < -0.4 is 5.32 Å². The molecule has 0 radical (unpaired) electrons. The zero-order valence-corrected chi connectivity index (χ0v) is 8.52. The van der Waals surface area contributed by atoms with E-state index in [4.69, 9.17) is 4.42 Å². The fourth-order valence-corrected chi connectivity index (χ4v) is 1.40. The van der Waals surface area contributed by atoms with E-state index in [-0.39, 0.29) is 0 Å². The van der Waals surface area contributed by atoms with Crippen LogP contribution in [0.3, 0.4) is 0 Å². The van der Waals surface area contributed by atoms with E-state index in [9.17, 15) is 0 Å². The first-order chi connectivity index (χ1) is 7.45. The fraction of sp³-hybridized carbons (Fsp3) is 0.250. The van der Waals surface area contributed by atoms with E-state index in [2.05, 4.69) is 16.4 Å². The van der Waals surface area contributed by atoms with Crippen molar-refractivity contribution in [2.24, 2.45) is 0 Å². The van der Waals surface area contributed by atoms with Gasteiger partial charge in [-0.05, 0) is 23.8 Å². The SMILES string of the molecule is c1cncc(CNCCc2ccco2)c1. The van der Waals surface area contributed by atoms with Gasteiger partial charge in [-0.2, -0.15) is 0 Å². The molecule has 0 aliphatic rings. The summed E-state index contributed by atoms with van der Waals surface area (Å²) in [6.45, 7) is 1.77. The van der Waals surface area contributed by atoms with E-state index in [0.29, 0.717) is 0 Å². The Morgan fingerprint density at radius 1 is 1.27 bits per heavy atom. The standard InChI is InChI=1S/C12H14N2O/c1-3-11(9-13-6-1)10-14-7-5-12-4-2-8-15-12/h1-4,6,8-9,14H,5,7,10H2. The van der Waals surface area contributed by atoms with Crippen LogP contribution in [-0.2, 0) is 13.0 Å². The molecule has 3 nitrogen and oxygen atoms in total. The van der Waals surface area contributed by atoms with E-state index >= 15 is 0 Å². The summed E-state index contributed by atoms with van der Waals surface area (Å²) in [5.74, 6) is 1.02. The average Bonchev–Trinajstić information content (AvgIpc) is 2.79. The Bertz CT molecular complexity index is 370. The molecular weight excluding hydrogens is 188 g/mol. The minimum absolute atomic E-state index is 0.856. The summed E-state index contributed by atoms with van der Waals surface area (Å²) in [7, 11) is 0. The van der Waals surface area contributed by atoms with Crippen LogP contribution in [0.2, 0.25) is 0 Å². The van der Waals surface area contributed by atoms with E-state index < -0.39 is 0 Å². The monoisotopic (exact) mass is 202 g/mol. The molecule has 0 atom stereocenters. The molecule has 2 heterocycles. The maximum atomic E-state index is 5.23. The molecule has 78 valence electrons. The average molecular weight is 202 g/mol. The summed E-state index contributed by atoms with van der Waals surface area (Å²) in [6.07, 6.45) is 6.29. The van der Waals surface area contributed by atoms with Gasteiger partial charge in [-0.1, -0.05) is 6.07 Å². The molecule has 0 saturated heterocycles. The maximum absolute atomic E-state index is 5.23. The van der Waals surface area contributed by atoms with Crippen LogP contribution in [0.15, 0.2) is 47.3 Å². The number of rotatable bonds is 5. The molecule has 0 spiro atoms. The molecule has 0 aromatic carbocycles. The van der Waals surface area contributed by atoms with Gasteiger partial charge in [-0.15, -0.1) is 0 Å². The highest BCUT2D eigenvalue weighted by Gasteiger charge is 1.95. The lowest BCUT2D eigenvalue weighted by atomic mass is 10.3. The Morgan fingerprint density at radius 2 is 2.27 bits per heavy atom. The van der Waals surface area contributed by atoms with Crippen molar-refractivity contribution in [1.29, 1.82) is 0 Å². The van der Waals surface area contributed by atoms with Crippen molar-refractivity contribution < 1.29 is 4.42 Å². The number of hydrogen-bond acceptors (Lipinski definition) is 3. The fourth-order valence-electron chi connectivity index (χ4n) is 1.40. The zero-order valence-electron chi connectivity index (χ0n) is 8.52. The Balaban J connectivity index is 1.68. The number of pyridine rings is 1. The molecule has 0 amide bonds. The van der Waals surface area contributed by atoms with Crippen molar-refractivity contribution in [2.75, 3.05) is 6.54 Å². The third-order valence-corrected chi connectivity index (χ3v) is 2.18. The molecule has 0 aliphatic carbocycles. The Hall–Kier alpha value is -1.61. The molecule has 2 aromatic rings. The highest BCUT2D eigenvalue weighted by atomic mass is 16.3. The predicted octanol–water partition coefficient (Wildman–Crippen LogP) is 2.01. The first-order valence-electron chi connectivity index (χ1n) is 5.07. The smallest absolute Gasteiger partial charge is 0.105 e. The summed E-state index contributed by atoms with van der Waals surface area (Å²) in [6, 6.07) is 7.92. The van der Waals surface area contributed by atoms with Crippen molar-refractivity contribution in [1.82, 2.24) is 10.3 Å². The van der Waals surface area contributed by atoms with Crippen LogP contribution >= 0.6 is 0 Å². The summed E-state index contributed by atoms with van der Waals surface area (Å²) >= 11 is 0. The maximum Gasteiger partial charge on any atom is 0.105 e. The van der Waals surface area contributed by atoms with Crippen LogP contribution in [0, 0.1) is 0 Å². The normalized spacial score (nSPS) is 10.4. The van der Waals surface area contributed by atoms with Crippen molar-refractivity contribution in [3.8, 4) is 0 Å². The molecule has 0 unspecified atom stereocenters. The van der Waals surface area contributed by atoms with Gasteiger partial charge in [0.05, 0.1) is 6.26 Å². The second-order valence-electron chi connectivity index (χ2n) is 3.37. The quantitative estimate of drug-likeness (QED) is 0.754. The number of nitrogens with zero attached hydrogens (tertiary/aromatic N) is 1. The van der Waals surface area contributed by atoms with E-state index in [1.165, 1.54) is 5.56 Å². The van der Waals surface area contributed by atoms with Crippen LogP contribution in [0.1, 0.15) is 11.3 Å². The highest BCUT2D eigenvalue weighted by molar-refractivity contribution is 5.07. The Morgan fingerprint density at radius 3 is 3.00 bits per heavy atom. The van der Waals surface area contributed by atoms with Gasteiger partial charge in [0.1, 0.15) is 5.76 Å². The van der Waals surface area contributed by atoms with Crippen LogP contribution in [0.5, 0.6) is 0 Å². The third-order valence-electron chi connectivity index (χ3n) is 2.18. The van der Waals surface area contributed by atoms with Crippen molar-refractivity contribution in [2.45, 2.75) is 13.0 Å². The number of hydrogen-bond donors (Lipinski definition) is 1. The van der Waals surface area contributed by atoms with Crippen LogP contribution in [-0.4, -0.2) is 11.5 Å². The van der Waals surface area contributed by atoms with Crippen LogP contribution in [0.25, 0.3) is 0 Å². The van der Waals surface area contributed by atoms with Gasteiger partial charge in [-0.25, -0.2) is 0 Å². The van der Waals surface area contributed by atoms with Crippen LogP contribution in [0.4, 0.5) is 0 Å². The summed E-state index contributed by atoms with van der Waals surface area (Å²) in [5, 5.41) is 3.34. The van der Waals surface area contributed by atoms with Gasteiger partial charge in [0, 0.05) is 31.9 Å². The van der Waals surface area contributed by atoms with Gasteiger partial charge in [0.15, 0.2) is 0 Å². The lowest BCUT2D eigenvalue weighted by Crippen LogP contribution is -2.16. The van der Waals surface area contributed by atoms with E-state index in [1.54, 1.807) is 12.5 Å². The van der Waals surface area contributed by atoms with Gasteiger partial charge in [-0.3, -0.25) is 4.98 Å². The van der Waals surface area contributed by atoms with E-state index in [1.807, 2.05) is 24.4 Å². The van der Waals surface area contributed by atoms with Crippen molar-refractivity contribution in [3.63, 3.8) is 0 Å². The minimum Gasteiger partial charge on any atom is -0.469 e. The lowest BCUT2D eigenvalue weighted by Gasteiger charge is -2.02. The predicted molar refractivity (Wildman–Crippen MR) is 58.4 cm³/mol. The number of furan rings is 1. The molecule has 0 fully saturated rings. The van der Waals surface area contributed by atoms with E-state index in [0.717, 1.165) is 25.3 Å². The minimum atomic E-state index is 0.856. The first kappa shape index (κ1) is 9.93.